The fraction of sp³-hybridized carbons (Fsp3) is 0.500. The summed E-state index contributed by atoms with van der Waals surface area (Å²) < 4.78 is 2.22. The lowest BCUT2D eigenvalue weighted by atomic mass is 9.96. The van der Waals surface area contributed by atoms with Gasteiger partial charge in [-0.05, 0) is 44.2 Å². The average molecular weight is 421 g/mol. The molecule has 1 amide bonds. The second-order valence-corrected chi connectivity index (χ2v) is 8.88. The van der Waals surface area contributed by atoms with E-state index in [-0.39, 0.29) is 11.8 Å². The molecule has 0 spiro atoms. The summed E-state index contributed by atoms with van der Waals surface area (Å²) in [6, 6.07) is 12.5. The number of piperidine rings is 1. The number of anilines is 1. The Morgan fingerprint density at radius 1 is 1.00 bits per heavy atom. The molecule has 2 aliphatic heterocycles. The number of hydrogen-bond donors (Lipinski definition) is 1. The summed E-state index contributed by atoms with van der Waals surface area (Å²) >= 11 is 0. The standard InChI is InChI=1S/C24H32N6O/c1-27-15-17-28(18-16-27)14-10-25-24(31)19-8-12-29(13-9-19)23-22-7-4-11-30(22)21-6-3-2-5-20(21)26-23/h2-7,11,19H,8-10,12-18H2,1H3,(H,25,31). The quantitative estimate of drug-likeness (QED) is 0.685. The van der Waals surface area contributed by atoms with Crippen LogP contribution in [0.3, 0.4) is 0 Å². The molecule has 5 rings (SSSR count). The lowest BCUT2D eigenvalue weighted by Gasteiger charge is -2.34. The molecule has 2 fully saturated rings. The number of para-hydroxylation sites is 2. The van der Waals surface area contributed by atoms with Gasteiger partial charge in [-0.2, -0.15) is 0 Å². The number of hydrogen-bond acceptors (Lipinski definition) is 5. The number of fused-ring (bicyclic) bond motifs is 3. The van der Waals surface area contributed by atoms with Gasteiger partial charge in [0.1, 0.15) is 0 Å². The fourth-order valence-electron chi connectivity index (χ4n) is 4.85. The highest BCUT2D eigenvalue weighted by molar-refractivity contribution is 5.85. The van der Waals surface area contributed by atoms with E-state index in [0.29, 0.717) is 0 Å². The number of benzene rings is 1. The van der Waals surface area contributed by atoms with Gasteiger partial charge in [-0.25, -0.2) is 4.98 Å². The number of carbonyl (C=O) groups excluding carboxylic acids is 1. The van der Waals surface area contributed by atoms with Crippen LogP contribution in [0.15, 0.2) is 42.6 Å². The maximum absolute atomic E-state index is 12.7. The highest BCUT2D eigenvalue weighted by Gasteiger charge is 2.27. The van der Waals surface area contributed by atoms with Gasteiger partial charge >= 0.3 is 0 Å². The zero-order chi connectivity index (χ0) is 21.2. The lowest BCUT2D eigenvalue weighted by Crippen LogP contribution is -2.48. The summed E-state index contributed by atoms with van der Waals surface area (Å²) in [5.74, 6) is 1.35. The molecule has 0 aliphatic carbocycles. The molecule has 4 heterocycles. The Morgan fingerprint density at radius 3 is 2.55 bits per heavy atom. The zero-order valence-corrected chi connectivity index (χ0v) is 18.3. The normalized spacial score (nSPS) is 19.3. The van der Waals surface area contributed by atoms with E-state index in [1.165, 1.54) is 0 Å². The summed E-state index contributed by atoms with van der Waals surface area (Å²) in [4.78, 5) is 24.8. The van der Waals surface area contributed by atoms with Crippen LogP contribution in [0, 0.1) is 5.92 Å². The number of aromatic nitrogens is 2. The van der Waals surface area contributed by atoms with Crippen molar-refractivity contribution >= 4 is 28.3 Å². The summed E-state index contributed by atoms with van der Waals surface area (Å²) in [5, 5.41) is 3.18. The summed E-state index contributed by atoms with van der Waals surface area (Å²) in [7, 11) is 2.17. The van der Waals surface area contributed by atoms with Crippen LogP contribution in [0.1, 0.15) is 12.8 Å². The van der Waals surface area contributed by atoms with Crippen molar-refractivity contribution < 1.29 is 4.79 Å². The zero-order valence-electron chi connectivity index (χ0n) is 18.3. The SMILES string of the molecule is CN1CCN(CCNC(=O)C2CCN(c3nc4ccccc4n4cccc34)CC2)CC1. The van der Waals surface area contributed by atoms with E-state index in [0.717, 1.165) is 87.6 Å². The van der Waals surface area contributed by atoms with E-state index < -0.39 is 0 Å². The van der Waals surface area contributed by atoms with Crippen molar-refractivity contribution in [2.45, 2.75) is 12.8 Å². The lowest BCUT2D eigenvalue weighted by molar-refractivity contribution is -0.125. The number of carbonyl (C=O) groups is 1. The van der Waals surface area contributed by atoms with E-state index >= 15 is 0 Å². The second kappa shape index (κ2) is 8.85. The summed E-state index contributed by atoms with van der Waals surface area (Å²) in [6.45, 7) is 7.85. The van der Waals surface area contributed by atoms with E-state index in [2.05, 4.69) is 68.0 Å². The van der Waals surface area contributed by atoms with E-state index in [9.17, 15) is 4.79 Å². The highest BCUT2D eigenvalue weighted by Crippen LogP contribution is 2.29. The van der Waals surface area contributed by atoms with Gasteiger partial charge in [0.05, 0.1) is 16.6 Å². The van der Waals surface area contributed by atoms with Crippen molar-refractivity contribution in [2.24, 2.45) is 5.92 Å². The number of nitrogens with one attached hydrogen (secondary N) is 1. The third-order valence-corrected chi connectivity index (χ3v) is 6.83. The summed E-state index contributed by atoms with van der Waals surface area (Å²) in [5.41, 5.74) is 3.26. The van der Waals surface area contributed by atoms with Crippen LogP contribution in [-0.2, 0) is 4.79 Å². The van der Waals surface area contributed by atoms with Crippen LogP contribution in [0.4, 0.5) is 5.82 Å². The molecule has 0 saturated carbocycles. The third kappa shape index (κ3) is 4.25. The maximum Gasteiger partial charge on any atom is 0.223 e. The topological polar surface area (TPSA) is 56.1 Å². The monoisotopic (exact) mass is 420 g/mol. The van der Waals surface area contributed by atoms with Crippen LogP contribution in [0.2, 0.25) is 0 Å². The van der Waals surface area contributed by atoms with Crippen molar-refractivity contribution in [2.75, 3.05) is 64.3 Å². The molecule has 3 aromatic rings. The number of rotatable bonds is 5. The van der Waals surface area contributed by atoms with Crippen LogP contribution in [0.25, 0.3) is 16.6 Å². The van der Waals surface area contributed by atoms with Crippen molar-refractivity contribution in [1.29, 1.82) is 0 Å². The first-order chi connectivity index (χ1) is 15.2. The first kappa shape index (κ1) is 20.3. The third-order valence-electron chi connectivity index (χ3n) is 6.83. The molecule has 31 heavy (non-hydrogen) atoms. The molecular weight excluding hydrogens is 388 g/mol. The fourth-order valence-corrected chi connectivity index (χ4v) is 4.85. The number of likely N-dealkylation sites (N-methyl/N-ethyl adjacent to an activating group) is 1. The maximum atomic E-state index is 12.7. The first-order valence-corrected chi connectivity index (χ1v) is 11.5. The van der Waals surface area contributed by atoms with Crippen molar-refractivity contribution in [3.05, 3.63) is 42.6 Å². The van der Waals surface area contributed by atoms with Gasteiger partial charge < -0.3 is 19.5 Å². The van der Waals surface area contributed by atoms with Crippen molar-refractivity contribution in [3.8, 4) is 0 Å². The molecule has 164 valence electrons. The number of nitrogens with zero attached hydrogens (tertiary/aromatic N) is 5. The Morgan fingerprint density at radius 2 is 1.74 bits per heavy atom. The first-order valence-electron chi connectivity index (χ1n) is 11.5. The molecule has 7 nitrogen and oxygen atoms in total. The van der Waals surface area contributed by atoms with Gasteiger partial charge in [-0.3, -0.25) is 9.69 Å². The van der Waals surface area contributed by atoms with Gasteiger partial charge in [0.2, 0.25) is 5.91 Å². The molecule has 0 atom stereocenters. The Labute approximate surface area is 183 Å². The molecule has 0 radical (unpaired) electrons. The molecular formula is C24H32N6O. The smallest absolute Gasteiger partial charge is 0.223 e. The van der Waals surface area contributed by atoms with E-state index in [1.54, 1.807) is 0 Å². The molecule has 2 aromatic heterocycles. The molecule has 2 saturated heterocycles. The van der Waals surface area contributed by atoms with Gasteiger partial charge in [-0.1, -0.05) is 12.1 Å². The molecule has 1 N–H and O–H groups in total. The Hall–Kier alpha value is -2.64. The largest absolute Gasteiger partial charge is 0.355 e. The average Bonchev–Trinajstić information content (AvgIpc) is 3.30. The van der Waals surface area contributed by atoms with Crippen molar-refractivity contribution in [1.82, 2.24) is 24.5 Å². The Balaban J connectivity index is 1.18. The van der Waals surface area contributed by atoms with Crippen LogP contribution in [-0.4, -0.2) is 84.5 Å². The minimum Gasteiger partial charge on any atom is -0.355 e. The Kier molecular flexibility index (Phi) is 5.78. The molecule has 1 aromatic carbocycles. The second-order valence-electron chi connectivity index (χ2n) is 8.88. The van der Waals surface area contributed by atoms with Crippen LogP contribution < -0.4 is 10.2 Å². The predicted molar refractivity (Wildman–Crippen MR) is 125 cm³/mol. The van der Waals surface area contributed by atoms with Gasteiger partial charge in [0.25, 0.3) is 0 Å². The Bertz CT molecular complexity index is 1050. The minimum atomic E-state index is 0.104. The number of piperazine rings is 1. The molecule has 0 unspecified atom stereocenters. The van der Waals surface area contributed by atoms with Crippen molar-refractivity contribution in [3.63, 3.8) is 0 Å². The van der Waals surface area contributed by atoms with E-state index in [1.807, 2.05) is 6.07 Å². The highest BCUT2D eigenvalue weighted by atomic mass is 16.1. The molecule has 2 aliphatic rings. The van der Waals surface area contributed by atoms with Gasteiger partial charge in [-0.15, -0.1) is 0 Å². The van der Waals surface area contributed by atoms with Crippen LogP contribution in [0.5, 0.6) is 0 Å². The van der Waals surface area contributed by atoms with E-state index in [4.69, 9.17) is 4.98 Å². The molecule has 7 heteroatoms. The van der Waals surface area contributed by atoms with Gasteiger partial charge in [0, 0.05) is 64.5 Å². The summed E-state index contributed by atoms with van der Waals surface area (Å²) in [6.07, 6.45) is 3.85. The minimum absolute atomic E-state index is 0.104. The van der Waals surface area contributed by atoms with Crippen LogP contribution >= 0.6 is 0 Å². The predicted octanol–water partition coefficient (Wildman–Crippen LogP) is 2.07. The number of amides is 1. The molecule has 0 bridgehead atoms. The van der Waals surface area contributed by atoms with Gasteiger partial charge in [0.15, 0.2) is 5.82 Å².